The van der Waals surface area contributed by atoms with Gasteiger partial charge < -0.3 is 10.6 Å². The maximum atomic E-state index is 12.5. The van der Waals surface area contributed by atoms with Crippen molar-refractivity contribution in [2.45, 2.75) is 25.3 Å². The van der Waals surface area contributed by atoms with Gasteiger partial charge in [0, 0.05) is 44.1 Å². The number of aryl methyl sites for hydroxylation is 1. The summed E-state index contributed by atoms with van der Waals surface area (Å²) in [5.41, 5.74) is 7.68. The van der Waals surface area contributed by atoms with Crippen molar-refractivity contribution in [3.8, 4) is 0 Å². The van der Waals surface area contributed by atoms with Crippen molar-refractivity contribution in [3.63, 3.8) is 0 Å². The Bertz CT molecular complexity index is 899. The third kappa shape index (κ3) is 2.95. The van der Waals surface area contributed by atoms with Gasteiger partial charge in [-0.05, 0) is 31.0 Å². The summed E-state index contributed by atoms with van der Waals surface area (Å²) in [6, 6.07) is 5.81. The molecular weight excluding hydrogens is 318 g/mol. The van der Waals surface area contributed by atoms with Gasteiger partial charge in [0.15, 0.2) is 11.5 Å². The number of rotatable bonds is 3. The molecule has 3 aromatic heterocycles. The minimum Gasteiger partial charge on any atom is -0.382 e. The molecule has 25 heavy (non-hydrogen) atoms. The van der Waals surface area contributed by atoms with E-state index in [0.29, 0.717) is 12.4 Å². The molecule has 1 amide bonds. The van der Waals surface area contributed by atoms with Gasteiger partial charge in [-0.3, -0.25) is 9.48 Å². The average molecular weight is 339 g/mol. The van der Waals surface area contributed by atoms with Gasteiger partial charge in [0.05, 0.1) is 5.39 Å². The smallest absolute Gasteiger partial charge is 0.244 e. The highest BCUT2D eigenvalue weighted by molar-refractivity contribution is 5.86. The second kappa shape index (κ2) is 6.19. The lowest BCUT2D eigenvalue weighted by Crippen LogP contribution is -2.41. The van der Waals surface area contributed by atoms with Crippen molar-refractivity contribution >= 4 is 22.8 Å². The van der Waals surface area contributed by atoms with Crippen molar-refractivity contribution in [1.29, 1.82) is 0 Å². The third-order valence-electron chi connectivity index (χ3n) is 4.79. The zero-order chi connectivity index (χ0) is 17.4. The van der Waals surface area contributed by atoms with Gasteiger partial charge in [0.1, 0.15) is 6.54 Å². The molecule has 1 saturated heterocycles. The summed E-state index contributed by atoms with van der Waals surface area (Å²) in [6.07, 6.45) is 5.49. The van der Waals surface area contributed by atoms with E-state index >= 15 is 0 Å². The predicted molar refractivity (Wildman–Crippen MR) is 93.7 cm³/mol. The van der Waals surface area contributed by atoms with Gasteiger partial charge in [0.2, 0.25) is 5.91 Å². The lowest BCUT2D eigenvalue weighted by atomic mass is 9.94. The van der Waals surface area contributed by atoms with E-state index in [1.165, 1.54) is 0 Å². The number of anilines is 1. The Morgan fingerprint density at radius 1 is 1.40 bits per heavy atom. The van der Waals surface area contributed by atoms with Crippen LogP contribution in [0.25, 0.3) is 11.0 Å². The van der Waals surface area contributed by atoms with Gasteiger partial charge in [0.25, 0.3) is 0 Å². The van der Waals surface area contributed by atoms with Crippen molar-refractivity contribution in [2.75, 3.05) is 18.8 Å². The van der Waals surface area contributed by atoms with E-state index in [-0.39, 0.29) is 18.4 Å². The minimum atomic E-state index is 0.0965. The van der Waals surface area contributed by atoms with E-state index < -0.39 is 0 Å². The van der Waals surface area contributed by atoms with Crippen LogP contribution in [0.2, 0.25) is 0 Å². The number of pyridine rings is 1. The molecule has 1 unspecified atom stereocenters. The van der Waals surface area contributed by atoms with Crippen molar-refractivity contribution in [2.24, 2.45) is 7.05 Å². The first-order valence-corrected chi connectivity index (χ1v) is 8.46. The zero-order valence-corrected chi connectivity index (χ0v) is 14.2. The van der Waals surface area contributed by atoms with Crippen LogP contribution in [0.1, 0.15) is 24.5 Å². The number of fused-ring (bicyclic) bond motifs is 1. The highest BCUT2D eigenvalue weighted by Gasteiger charge is 2.26. The van der Waals surface area contributed by atoms with Crippen LogP contribution in [0.3, 0.4) is 0 Å². The van der Waals surface area contributed by atoms with Gasteiger partial charge in [-0.1, -0.05) is 0 Å². The van der Waals surface area contributed by atoms with E-state index in [4.69, 9.17) is 10.7 Å². The molecule has 3 aromatic rings. The first kappa shape index (κ1) is 15.6. The van der Waals surface area contributed by atoms with Crippen LogP contribution >= 0.6 is 0 Å². The van der Waals surface area contributed by atoms with Crippen LogP contribution in [0.15, 0.2) is 30.6 Å². The zero-order valence-electron chi connectivity index (χ0n) is 14.2. The number of nitrogens with zero attached hydrogens (tertiary/aromatic N) is 6. The molecule has 1 atom stereocenters. The molecule has 4 heterocycles. The van der Waals surface area contributed by atoms with Crippen LogP contribution in [-0.4, -0.2) is 48.4 Å². The Kier molecular flexibility index (Phi) is 3.87. The van der Waals surface area contributed by atoms with E-state index in [1.54, 1.807) is 15.6 Å². The van der Waals surface area contributed by atoms with Crippen molar-refractivity contribution < 1.29 is 4.79 Å². The topological polar surface area (TPSA) is 94.9 Å². The van der Waals surface area contributed by atoms with E-state index in [9.17, 15) is 4.79 Å². The number of nitrogens with two attached hydrogens (primary N) is 1. The lowest BCUT2D eigenvalue weighted by Gasteiger charge is -2.32. The fraction of sp³-hybridized carbons (Fsp3) is 0.412. The lowest BCUT2D eigenvalue weighted by molar-refractivity contribution is -0.133. The fourth-order valence-electron chi connectivity index (χ4n) is 3.48. The molecule has 0 aromatic carbocycles. The summed E-state index contributed by atoms with van der Waals surface area (Å²) in [4.78, 5) is 19.2. The summed E-state index contributed by atoms with van der Waals surface area (Å²) in [5, 5.41) is 9.20. The Morgan fingerprint density at radius 3 is 3.08 bits per heavy atom. The Hall–Kier alpha value is -2.90. The number of carbonyl (C=O) groups excluding carboxylic acids is 1. The van der Waals surface area contributed by atoms with Gasteiger partial charge in [-0.2, -0.15) is 10.2 Å². The second-order valence-electron chi connectivity index (χ2n) is 6.50. The normalized spacial score (nSPS) is 18.0. The number of amides is 1. The summed E-state index contributed by atoms with van der Waals surface area (Å²) < 4.78 is 3.37. The van der Waals surface area contributed by atoms with Crippen LogP contribution in [-0.2, 0) is 18.4 Å². The summed E-state index contributed by atoms with van der Waals surface area (Å²) in [6.45, 7) is 1.76. The first-order chi connectivity index (χ1) is 12.1. The maximum Gasteiger partial charge on any atom is 0.244 e. The molecule has 0 spiro atoms. The molecule has 1 aliphatic rings. The number of piperidine rings is 1. The maximum absolute atomic E-state index is 12.5. The SMILES string of the molecule is Cn1nc(N)c2ccc(C3CCCN(C(=O)Cn4cccn4)C3)nc21. The fourth-order valence-corrected chi connectivity index (χ4v) is 3.48. The highest BCUT2D eigenvalue weighted by Crippen LogP contribution is 2.28. The quantitative estimate of drug-likeness (QED) is 0.772. The van der Waals surface area contributed by atoms with Crippen LogP contribution in [0.5, 0.6) is 0 Å². The number of carbonyl (C=O) groups is 1. The number of aromatic nitrogens is 5. The number of likely N-dealkylation sites (tertiary alicyclic amines) is 1. The Labute approximate surface area is 145 Å². The molecule has 0 saturated carbocycles. The molecule has 130 valence electrons. The molecule has 0 radical (unpaired) electrons. The molecule has 0 bridgehead atoms. The first-order valence-electron chi connectivity index (χ1n) is 8.46. The molecule has 8 nitrogen and oxygen atoms in total. The largest absolute Gasteiger partial charge is 0.382 e. The van der Waals surface area contributed by atoms with Gasteiger partial charge in [-0.15, -0.1) is 0 Å². The molecule has 2 N–H and O–H groups in total. The number of hydrogen-bond donors (Lipinski definition) is 1. The standard InChI is InChI=1S/C17H21N7O/c1-22-17-13(16(18)21-22)5-6-14(20-17)12-4-2-8-23(10-12)15(25)11-24-9-3-7-19-24/h3,5-7,9,12H,2,4,8,10-11H2,1H3,(H2,18,21). The molecular formula is C17H21N7O. The number of hydrogen-bond acceptors (Lipinski definition) is 5. The third-order valence-corrected chi connectivity index (χ3v) is 4.79. The van der Waals surface area contributed by atoms with Crippen molar-refractivity contribution in [3.05, 3.63) is 36.3 Å². The highest BCUT2D eigenvalue weighted by atomic mass is 16.2. The van der Waals surface area contributed by atoms with Crippen LogP contribution < -0.4 is 5.73 Å². The average Bonchev–Trinajstić information content (AvgIpc) is 3.23. The summed E-state index contributed by atoms with van der Waals surface area (Å²) >= 11 is 0. The van der Waals surface area contributed by atoms with Crippen molar-refractivity contribution in [1.82, 2.24) is 29.4 Å². The van der Waals surface area contributed by atoms with Gasteiger partial charge in [-0.25, -0.2) is 9.67 Å². The molecule has 1 fully saturated rings. The van der Waals surface area contributed by atoms with E-state index in [0.717, 1.165) is 36.1 Å². The Morgan fingerprint density at radius 2 is 2.28 bits per heavy atom. The Balaban J connectivity index is 1.52. The minimum absolute atomic E-state index is 0.0965. The summed E-state index contributed by atoms with van der Waals surface area (Å²) in [5.74, 6) is 0.825. The van der Waals surface area contributed by atoms with Crippen LogP contribution in [0, 0.1) is 0 Å². The molecule has 0 aliphatic carbocycles. The van der Waals surface area contributed by atoms with Gasteiger partial charge >= 0.3 is 0 Å². The molecule has 4 rings (SSSR count). The van der Waals surface area contributed by atoms with E-state index in [1.807, 2.05) is 36.3 Å². The monoisotopic (exact) mass is 339 g/mol. The molecule has 1 aliphatic heterocycles. The molecule has 8 heteroatoms. The van der Waals surface area contributed by atoms with Crippen LogP contribution in [0.4, 0.5) is 5.82 Å². The second-order valence-corrected chi connectivity index (χ2v) is 6.50. The number of nitrogen functional groups attached to an aromatic ring is 1. The van der Waals surface area contributed by atoms with E-state index in [2.05, 4.69) is 10.2 Å². The summed E-state index contributed by atoms with van der Waals surface area (Å²) in [7, 11) is 1.84. The predicted octanol–water partition coefficient (Wildman–Crippen LogP) is 1.15.